The molecule has 0 aromatic heterocycles. The molecule has 1 aliphatic heterocycles. The van der Waals surface area contributed by atoms with Gasteiger partial charge in [-0.3, -0.25) is 4.79 Å². The molecule has 25 heavy (non-hydrogen) atoms. The van der Waals surface area contributed by atoms with Crippen LogP contribution >= 0.6 is 0 Å². The molecule has 0 N–H and O–H groups in total. The first kappa shape index (κ1) is 16.8. The molecule has 6 heteroatoms. The average Bonchev–Trinajstić information content (AvgIpc) is 2.96. The van der Waals surface area contributed by atoms with Crippen molar-refractivity contribution in [1.82, 2.24) is 0 Å². The fourth-order valence-corrected chi connectivity index (χ4v) is 2.90. The lowest BCUT2D eigenvalue weighted by Gasteiger charge is -2.15. The van der Waals surface area contributed by atoms with Crippen LogP contribution in [0.5, 0.6) is 17.2 Å². The van der Waals surface area contributed by atoms with Gasteiger partial charge in [0.15, 0.2) is 17.3 Å². The molecule has 0 aliphatic carbocycles. The molecule has 0 fully saturated rings. The van der Waals surface area contributed by atoms with Crippen molar-refractivity contribution in [3.8, 4) is 17.2 Å². The van der Waals surface area contributed by atoms with Crippen molar-refractivity contribution < 1.29 is 28.5 Å². The lowest BCUT2D eigenvalue weighted by molar-refractivity contribution is 0.0367. The Morgan fingerprint density at radius 1 is 1.04 bits per heavy atom. The van der Waals surface area contributed by atoms with Crippen molar-refractivity contribution in [3.05, 3.63) is 53.1 Å². The molecule has 0 spiro atoms. The molecule has 1 heterocycles. The first-order chi connectivity index (χ1) is 12.1. The van der Waals surface area contributed by atoms with Crippen LogP contribution in [-0.2, 0) is 4.74 Å². The predicted molar refractivity (Wildman–Crippen MR) is 89.6 cm³/mol. The van der Waals surface area contributed by atoms with Gasteiger partial charge in [-0.1, -0.05) is 18.2 Å². The number of benzene rings is 2. The summed E-state index contributed by atoms with van der Waals surface area (Å²) < 4.78 is 21.1. The van der Waals surface area contributed by atoms with Gasteiger partial charge >= 0.3 is 5.97 Å². The van der Waals surface area contributed by atoms with Gasteiger partial charge < -0.3 is 18.9 Å². The maximum absolute atomic E-state index is 12.7. The van der Waals surface area contributed by atoms with E-state index in [-0.39, 0.29) is 12.2 Å². The molecule has 0 bridgehead atoms. The van der Waals surface area contributed by atoms with Crippen LogP contribution in [0.15, 0.2) is 36.4 Å². The molecule has 1 atom stereocenters. The summed E-state index contributed by atoms with van der Waals surface area (Å²) in [5.41, 5.74) is 1.63. The monoisotopic (exact) mass is 342 g/mol. The SMILES string of the molecule is COc1cc(C(=O)C[C@@H]2OC(=O)c3ccccc32)cc(OC)c1OC. The molecule has 2 aromatic carbocycles. The van der Waals surface area contributed by atoms with Crippen molar-refractivity contribution in [2.45, 2.75) is 12.5 Å². The maximum atomic E-state index is 12.7. The van der Waals surface area contributed by atoms with Gasteiger partial charge in [-0.25, -0.2) is 4.79 Å². The number of ketones is 1. The second kappa shape index (κ2) is 6.84. The van der Waals surface area contributed by atoms with Gasteiger partial charge in [0.1, 0.15) is 6.10 Å². The Morgan fingerprint density at radius 2 is 1.68 bits per heavy atom. The number of hydrogen-bond acceptors (Lipinski definition) is 6. The summed E-state index contributed by atoms with van der Waals surface area (Å²) in [6, 6.07) is 10.3. The number of rotatable bonds is 6. The van der Waals surface area contributed by atoms with Gasteiger partial charge in [0.25, 0.3) is 0 Å². The Labute approximate surface area is 145 Å². The van der Waals surface area contributed by atoms with E-state index in [0.717, 1.165) is 5.56 Å². The molecule has 0 saturated carbocycles. The van der Waals surface area contributed by atoms with E-state index in [1.54, 1.807) is 30.3 Å². The van der Waals surface area contributed by atoms with E-state index in [1.807, 2.05) is 6.07 Å². The topological polar surface area (TPSA) is 71.1 Å². The van der Waals surface area contributed by atoms with E-state index < -0.39 is 12.1 Å². The summed E-state index contributed by atoms with van der Waals surface area (Å²) in [4.78, 5) is 24.6. The molecule has 2 aromatic rings. The molecule has 130 valence electrons. The van der Waals surface area contributed by atoms with Crippen molar-refractivity contribution >= 4 is 11.8 Å². The minimum atomic E-state index is -0.588. The second-order valence-corrected chi connectivity index (χ2v) is 5.52. The van der Waals surface area contributed by atoms with Gasteiger partial charge in [0, 0.05) is 11.1 Å². The van der Waals surface area contributed by atoms with Crippen LogP contribution < -0.4 is 14.2 Å². The summed E-state index contributed by atoms with van der Waals surface area (Å²) in [5, 5.41) is 0. The Balaban J connectivity index is 1.89. The Morgan fingerprint density at radius 3 is 2.28 bits per heavy atom. The highest BCUT2D eigenvalue weighted by molar-refractivity contribution is 5.99. The predicted octanol–water partition coefficient (Wildman–Crippen LogP) is 3.20. The molecular formula is C19H18O6. The van der Waals surface area contributed by atoms with Crippen molar-refractivity contribution in [2.75, 3.05) is 21.3 Å². The van der Waals surface area contributed by atoms with Crippen LogP contribution in [0.2, 0.25) is 0 Å². The lowest BCUT2D eigenvalue weighted by Crippen LogP contribution is -2.08. The Hall–Kier alpha value is -3.02. The number of Topliss-reactive ketones (excluding diaryl/α,β-unsaturated/α-hetero) is 1. The molecule has 0 saturated heterocycles. The van der Waals surface area contributed by atoms with E-state index >= 15 is 0 Å². The number of esters is 1. The van der Waals surface area contributed by atoms with Crippen molar-refractivity contribution in [3.63, 3.8) is 0 Å². The number of ether oxygens (including phenoxy) is 4. The zero-order valence-corrected chi connectivity index (χ0v) is 14.2. The molecule has 0 radical (unpaired) electrons. The highest BCUT2D eigenvalue weighted by atomic mass is 16.5. The molecular weight excluding hydrogens is 324 g/mol. The van der Waals surface area contributed by atoms with E-state index in [1.165, 1.54) is 21.3 Å². The summed E-state index contributed by atoms with van der Waals surface area (Å²) in [6.07, 6.45) is -0.545. The fraction of sp³-hybridized carbons (Fsp3) is 0.263. The highest BCUT2D eigenvalue weighted by Crippen LogP contribution is 2.39. The largest absolute Gasteiger partial charge is 0.493 e. The summed E-state index contributed by atoms with van der Waals surface area (Å²) in [5.74, 6) is 0.620. The maximum Gasteiger partial charge on any atom is 0.339 e. The van der Waals surface area contributed by atoms with Gasteiger partial charge in [-0.2, -0.15) is 0 Å². The molecule has 1 aliphatic rings. The van der Waals surface area contributed by atoms with Gasteiger partial charge in [0.05, 0.1) is 33.3 Å². The number of methoxy groups -OCH3 is 3. The first-order valence-corrected chi connectivity index (χ1v) is 7.72. The van der Waals surface area contributed by atoms with Crippen molar-refractivity contribution in [2.24, 2.45) is 0 Å². The van der Waals surface area contributed by atoms with E-state index in [4.69, 9.17) is 18.9 Å². The molecule has 0 amide bonds. The normalized spacial score (nSPS) is 15.3. The number of carbonyl (C=O) groups is 2. The van der Waals surface area contributed by atoms with Crippen LogP contribution in [-0.4, -0.2) is 33.1 Å². The van der Waals surface area contributed by atoms with Gasteiger partial charge in [0.2, 0.25) is 5.75 Å². The lowest BCUT2D eigenvalue weighted by atomic mass is 9.98. The van der Waals surface area contributed by atoms with Crippen molar-refractivity contribution in [1.29, 1.82) is 0 Å². The van der Waals surface area contributed by atoms with Crippen LogP contribution in [0, 0.1) is 0 Å². The Kier molecular flexibility index (Phi) is 4.61. The number of carbonyl (C=O) groups excluding carboxylic acids is 2. The molecule has 0 unspecified atom stereocenters. The van der Waals surface area contributed by atoms with Crippen LogP contribution in [0.25, 0.3) is 0 Å². The highest BCUT2D eigenvalue weighted by Gasteiger charge is 2.32. The molecule has 6 nitrogen and oxygen atoms in total. The Bertz CT molecular complexity index is 801. The third-order valence-electron chi connectivity index (χ3n) is 4.13. The zero-order valence-electron chi connectivity index (χ0n) is 14.2. The summed E-state index contributed by atoms with van der Waals surface area (Å²) in [6.45, 7) is 0. The van der Waals surface area contributed by atoms with Crippen LogP contribution in [0.1, 0.15) is 38.8 Å². The third-order valence-corrected chi connectivity index (χ3v) is 4.13. The smallest absolute Gasteiger partial charge is 0.339 e. The minimum Gasteiger partial charge on any atom is -0.493 e. The third kappa shape index (κ3) is 3.03. The minimum absolute atomic E-state index is 0.0430. The summed E-state index contributed by atoms with van der Waals surface area (Å²) in [7, 11) is 4.47. The zero-order chi connectivity index (χ0) is 18.0. The van der Waals surface area contributed by atoms with Gasteiger partial charge in [-0.15, -0.1) is 0 Å². The van der Waals surface area contributed by atoms with Gasteiger partial charge in [-0.05, 0) is 18.2 Å². The number of hydrogen-bond donors (Lipinski definition) is 0. The number of fused-ring (bicyclic) bond motifs is 1. The van der Waals surface area contributed by atoms with E-state index in [2.05, 4.69) is 0 Å². The average molecular weight is 342 g/mol. The first-order valence-electron chi connectivity index (χ1n) is 7.72. The standard InChI is InChI=1S/C19H18O6/c1-22-16-8-11(9-17(23-2)18(16)24-3)14(20)10-15-12-6-4-5-7-13(12)19(21)25-15/h4-9,15H,10H2,1-3H3/t15-/m0/s1. The quantitative estimate of drug-likeness (QED) is 0.593. The van der Waals surface area contributed by atoms with E-state index in [9.17, 15) is 9.59 Å². The number of cyclic esters (lactones) is 1. The van der Waals surface area contributed by atoms with Crippen LogP contribution in [0.4, 0.5) is 0 Å². The second-order valence-electron chi connectivity index (χ2n) is 5.52. The van der Waals surface area contributed by atoms with Crippen LogP contribution in [0.3, 0.4) is 0 Å². The summed E-state index contributed by atoms with van der Waals surface area (Å²) >= 11 is 0. The molecule has 3 rings (SSSR count). The fourth-order valence-electron chi connectivity index (χ4n) is 2.90. The van der Waals surface area contributed by atoms with E-state index in [0.29, 0.717) is 28.4 Å².